The van der Waals surface area contributed by atoms with Crippen LogP contribution in [0.3, 0.4) is 0 Å². The Labute approximate surface area is 187 Å². The van der Waals surface area contributed by atoms with Crippen molar-refractivity contribution in [1.82, 2.24) is 0 Å². The van der Waals surface area contributed by atoms with Gasteiger partial charge in [0.2, 0.25) is 0 Å². The standard InChI is InChI=1S/C9H18O.2C9H20.H2O.H2/c1-3-5-7-9(10)8-6-4-2;1-4-5-6-7-8-9(2)3;1-3-5-7-9-8-6-4-2;;/h3-8H2,1-2H3;9H,4-8H2,1-3H3;3-9H2,1-2H3;1H2;1H. The van der Waals surface area contributed by atoms with Crippen LogP contribution in [0.2, 0.25) is 0 Å². The Morgan fingerprint density at radius 3 is 1.17 bits per heavy atom. The monoisotopic (exact) mass is 418 g/mol. The van der Waals surface area contributed by atoms with Crippen LogP contribution < -0.4 is 0 Å². The van der Waals surface area contributed by atoms with Crippen molar-refractivity contribution in [3.63, 3.8) is 0 Å². The molecule has 2 nitrogen and oxygen atoms in total. The number of hydrogen-bond donors (Lipinski definition) is 0. The first-order valence-corrected chi connectivity index (χ1v) is 13.0. The lowest BCUT2D eigenvalue weighted by molar-refractivity contribution is -0.119. The van der Waals surface area contributed by atoms with Crippen LogP contribution in [-0.2, 0) is 4.79 Å². The van der Waals surface area contributed by atoms with Gasteiger partial charge in [-0.1, -0.05) is 138 Å². The third-order valence-corrected chi connectivity index (χ3v) is 4.96. The highest BCUT2D eigenvalue weighted by molar-refractivity contribution is 5.78. The zero-order valence-corrected chi connectivity index (χ0v) is 21.7. The number of ketones is 1. The van der Waals surface area contributed by atoms with E-state index in [4.69, 9.17) is 0 Å². The molecule has 0 fully saturated rings. The number of carbonyl (C=O) groups is 1. The summed E-state index contributed by atoms with van der Waals surface area (Å²) in [6.45, 7) is 15.6. The largest absolute Gasteiger partial charge is 0.412 e. The van der Waals surface area contributed by atoms with Crippen LogP contribution in [0.1, 0.15) is 165 Å². The predicted octanol–water partition coefficient (Wildman–Crippen LogP) is 9.73. The van der Waals surface area contributed by atoms with Gasteiger partial charge in [-0.15, -0.1) is 0 Å². The van der Waals surface area contributed by atoms with Gasteiger partial charge in [-0.2, -0.15) is 0 Å². The van der Waals surface area contributed by atoms with E-state index < -0.39 is 0 Å². The van der Waals surface area contributed by atoms with Crippen molar-refractivity contribution in [2.24, 2.45) is 5.92 Å². The van der Waals surface area contributed by atoms with Gasteiger partial charge in [0, 0.05) is 14.3 Å². The molecule has 0 saturated heterocycles. The maximum atomic E-state index is 11.0. The third kappa shape index (κ3) is 47.1. The number of hydrogen-bond acceptors (Lipinski definition) is 1. The van der Waals surface area contributed by atoms with E-state index in [2.05, 4.69) is 48.5 Å². The van der Waals surface area contributed by atoms with Crippen molar-refractivity contribution in [2.75, 3.05) is 0 Å². The SMILES string of the molecule is CCCCC(=O)CCCC.CCCCCCC(C)C.CCCCCCCCC.O.[HH]. The Balaban J connectivity index is -0.000000101. The number of carbonyl (C=O) groups excluding carboxylic acids is 1. The zero-order chi connectivity index (χ0) is 21.9. The van der Waals surface area contributed by atoms with Gasteiger partial charge in [0.05, 0.1) is 0 Å². The fourth-order valence-electron chi connectivity index (χ4n) is 2.88. The van der Waals surface area contributed by atoms with Crippen LogP contribution in [-0.4, -0.2) is 11.3 Å². The fraction of sp³-hybridized carbons (Fsp3) is 0.963. The molecule has 0 aliphatic rings. The molecule has 0 aliphatic heterocycles. The Hall–Kier alpha value is -0.370. The van der Waals surface area contributed by atoms with E-state index in [-0.39, 0.29) is 6.90 Å². The van der Waals surface area contributed by atoms with Crippen LogP contribution in [0.25, 0.3) is 0 Å². The Morgan fingerprint density at radius 2 is 0.862 bits per heavy atom. The van der Waals surface area contributed by atoms with E-state index in [9.17, 15) is 4.79 Å². The summed E-state index contributed by atoms with van der Waals surface area (Å²) in [5, 5.41) is 0. The Kier molecular flexibility index (Phi) is 43.6. The van der Waals surface area contributed by atoms with Crippen molar-refractivity contribution >= 4 is 5.78 Å². The van der Waals surface area contributed by atoms with Crippen molar-refractivity contribution in [1.29, 1.82) is 0 Å². The van der Waals surface area contributed by atoms with Crippen LogP contribution in [0.5, 0.6) is 0 Å². The molecule has 0 rings (SSSR count). The number of rotatable bonds is 17. The van der Waals surface area contributed by atoms with E-state index in [1.165, 1.54) is 77.0 Å². The molecular weight excluding hydrogens is 356 g/mol. The van der Waals surface area contributed by atoms with E-state index in [1.54, 1.807) is 0 Å². The Bertz CT molecular complexity index is 252. The zero-order valence-electron chi connectivity index (χ0n) is 21.7. The quantitative estimate of drug-likeness (QED) is 0.217. The number of unbranched alkanes of at least 4 members (excludes halogenated alkanes) is 11. The lowest BCUT2D eigenvalue weighted by Crippen LogP contribution is -1.96. The van der Waals surface area contributed by atoms with E-state index in [1.807, 2.05) is 0 Å². The first-order valence-electron chi connectivity index (χ1n) is 13.0. The molecule has 0 aromatic heterocycles. The predicted molar refractivity (Wildman–Crippen MR) is 137 cm³/mol. The molecule has 0 aromatic rings. The van der Waals surface area contributed by atoms with Gasteiger partial charge in [0.15, 0.2) is 0 Å². The topological polar surface area (TPSA) is 48.6 Å². The van der Waals surface area contributed by atoms with Crippen molar-refractivity contribution in [3.8, 4) is 0 Å². The highest BCUT2D eigenvalue weighted by Crippen LogP contribution is 2.08. The highest BCUT2D eigenvalue weighted by Gasteiger charge is 1.98. The Morgan fingerprint density at radius 1 is 0.552 bits per heavy atom. The van der Waals surface area contributed by atoms with Gasteiger partial charge >= 0.3 is 0 Å². The second-order valence-electron chi connectivity index (χ2n) is 8.76. The maximum Gasteiger partial charge on any atom is 0.132 e. The van der Waals surface area contributed by atoms with Crippen LogP contribution >= 0.6 is 0 Å². The molecule has 0 heterocycles. The molecule has 0 unspecified atom stereocenters. The molecule has 0 atom stereocenters. The minimum Gasteiger partial charge on any atom is -0.412 e. The molecule has 0 bridgehead atoms. The van der Waals surface area contributed by atoms with Crippen molar-refractivity contribution in [2.45, 2.75) is 164 Å². The summed E-state index contributed by atoms with van der Waals surface area (Å²) in [5.74, 6) is 1.35. The molecule has 2 N–H and O–H groups in total. The smallest absolute Gasteiger partial charge is 0.132 e. The third-order valence-electron chi connectivity index (χ3n) is 4.96. The van der Waals surface area contributed by atoms with Gasteiger partial charge in [-0.3, -0.25) is 4.79 Å². The summed E-state index contributed by atoms with van der Waals surface area (Å²) < 4.78 is 0. The van der Waals surface area contributed by atoms with E-state index >= 15 is 0 Å². The molecule has 0 radical (unpaired) electrons. The summed E-state index contributed by atoms with van der Waals surface area (Å²) in [5.41, 5.74) is 0. The summed E-state index contributed by atoms with van der Waals surface area (Å²) >= 11 is 0. The molecule has 0 aliphatic carbocycles. The van der Waals surface area contributed by atoms with Gasteiger partial charge < -0.3 is 5.48 Å². The van der Waals surface area contributed by atoms with Gasteiger partial charge in [0.1, 0.15) is 5.78 Å². The summed E-state index contributed by atoms with van der Waals surface area (Å²) in [6, 6.07) is 0. The molecule has 29 heavy (non-hydrogen) atoms. The second kappa shape index (κ2) is 35.1. The van der Waals surface area contributed by atoms with Crippen LogP contribution in [0.4, 0.5) is 0 Å². The average molecular weight is 419 g/mol. The summed E-state index contributed by atoms with van der Waals surface area (Å²) in [4.78, 5) is 11.0. The molecular formula is C27H62O2. The summed E-state index contributed by atoms with van der Waals surface area (Å²) in [6.07, 6.45) is 23.1. The van der Waals surface area contributed by atoms with Gasteiger partial charge in [-0.05, 0) is 18.8 Å². The molecule has 0 aromatic carbocycles. The normalized spacial score (nSPS) is 9.79. The minimum absolute atomic E-state index is 0. The van der Waals surface area contributed by atoms with E-state index in [0.29, 0.717) is 5.78 Å². The molecule has 0 amide bonds. The molecule has 2 heteroatoms. The number of Topliss-reactive ketones (excluding diaryl/α,β-unsaturated/α-hetero) is 1. The molecule has 182 valence electrons. The lowest BCUT2D eigenvalue weighted by Gasteiger charge is -2.01. The van der Waals surface area contributed by atoms with Gasteiger partial charge in [0.25, 0.3) is 0 Å². The summed E-state index contributed by atoms with van der Waals surface area (Å²) in [7, 11) is 0. The first-order chi connectivity index (χ1) is 13.5. The van der Waals surface area contributed by atoms with E-state index in [0.717, 1.165) is 44.4 Å². The second-order valence-corrected chi connectivity index (χ2v) is 8.76. The highest BCUT2D eigenvalue weighted by atomic mass is 16.1. The average Bonchev–Trinajstić information content (AvgIpc) is 2.69. The van der Waals surface area contributed by atoms with Crippen molar-refractivity contribution < 1.29 is 11.7 Å². The van der Waals surface area contributed by atoms with Crippen molar-refractivity contribution in [3.05, 3.63) is 0 Å². The lowest BCUT2D eigenvalue weighted by atomic mass is 10.1. The maximum absolute atomic E-state index is 11.0. The van der Waals surface area contributed by atoms with Crippen LogP contribution in [0.15, 0.2) is 0 Å². The molecule has 0 spiro atoms. The van der Waals surface area contributed by atoms with Crippen LogP contribution in [0, 0.1) is 5.92 Å². The first kappa shape index (κ1) is 36.0. The van der Waals surface area contributed by atoms with Gasteiger partial charge in [-0.25, -0.2) is 0 Å². The molecule has 0 saturated carbocycles. The minimum atomic E-state index is 0. The fourth-order valence-corrected chi connectivity index (χ4v) is 2.88.